The lowest BCUT2D eigenvalue weighted by molar-refractivity contribution is -0.132. The van der Waals surface area contributed by atoms with Crippen molar-refractivity contribution >= 4 is 23.3 Å². The molecule has 2 aromatic heterocycles. The molecule has 6 heteroatoms. The van der Waals surface area contributed by atoms with Gasteiger partial charge in [-0.1, -0.05) is 42.5 Å². The second-order valence-corrected chi connectivity index (χ2v) is 8.08. The highest BCUT2D eigenvalue weighted by Gasteiger charge is 2.21. The predicted molar refractivity (Wildman–Crippen MR) is 117 cm³/mol. The molecule has 5 nitrogen and oxygen atoms in total. The average Bonchev–Trinajstić information content (AvgIpc) is 3.38. The van der Waals surface area contributed by atoms with E-state index in [-0.39, 0.29) is 5.91 Å². The van der Waals surface area contributed by atoms with Gasteiger partial charge in [0.25, 0.3) is 0 Å². The average molecular weight is 408 g/mol. The van der Waals surface area contributed by atoms with Crippen molar-refractivity contribution in [3.63, 3.8) is 0 Å². The van der Waals surface area contributed by atoms with Crippen LogP contribution in [0.3, 0.4) is 0 Å². The van der Waals surface area contributed by atoms with Crippen LogP contribution in [0.4, 0.5) is 0 Å². The summed E-state index contributed by atoms with van der Waals surface area (Å²) in [6.45, 7) is 6.17. The maximum atomic E-state index is 12.7. The molecule has 0 unspecified atom stereocenters. The molecule has 4 rings (SSSR count). The van der Waals surface area contributed by atoms with E-state index >= 15 is 0 Å². The number of furan rings is 1. The fourth-order valence-electron chi connectivity index (χ4n) is 3.40. The molecule has 150 valence electrons. The smallest absolute Gasteiger partial charge is 0.228 e. The third-order valence-corrected chi connectivity index (χ3v) is 5.94. The quantitative estimate of drug-likeness (QED) is 0.617. The maximum Gasteiger partial charge on any atom is 0.228 e. The van der Waals surface area contributed by atoms with Gasteiger partial charge in [-0.05, 0) is 24.6 Å². The molecule has 0 bridgehead atoms. The Morgan fingerprint density at radius 3 is 2.66 bits per heavy atom. The van der Waals surface area contributed by atoms with Crippen LogP contribution in [0.1, 0.15) is 17.0 Å². The van der Waals surface area contributed by atoms with Crippen molar-refractivity contribution in [2.24, 2.45) is 0 Å². The van der Waals surface area contributed by atoms with E-state index in [1.54, 1.807) is 0 Å². The van der Waals surface area contributed by atoms with Gasteiger partial charge in [0.1, 0.15) is 5.76 Å². The molecule has 0 aliphatic carbocycles. The molecular weight excluding hydrogens is 382 g/mol. The highest BCUT2D eigenvalue weighted by Crippen LogP contribution is 2.25. The highest BCUT2D eigenvalue weighted by molar-refractivity contribution is 7.13. The molecule has 1 aliphatic rings. The van der Waals surface area contributed by atoms with E-state index in [0.29, 0.717) is 6.42 Å². The molecule has 1 amide bonds. The lowest BCUT2D eigenvalue weighted by Gasteiger charge is -2.34. The van der Waals surface area contributed by atoms with E-state index in [1.807, 2.05) is 47.5 Å². The van der Waals surface area contributed by atoms with Crippen LogP contribution in [0.2, 0.25) is 0 Å². The number of carbonyl (C=O) groups excluding carboxylic acids is 1. The van der Waals surface area contributed by atoms with E-state index in [0.717, 1.165) is 54.9 Å². The minimum Gasteiger partial charge on any atom is -0.459 e. The topological polar surface area (TPSA) is 49.6 Å². The van der Waals surface area contributed by atoms with Crippen LogP contribution in [0.25, 0.3) is 16.8 Å². The predicted octanol–water partition coefficient (Wildman–Crippen LogP) is 4.11. The van der Waals surface area contributed by atoms with Crippen LogP contribution in [-0.2, 0) is 11.2 Å². The standard InChI is InChI=1S/C23H25N3O2S/c1-18-9-10-21(28-18)23-24-20(17-29-23)16-22(27)26-14-12-25(13-15-26)11-5-8-19-6-3-2-4-7-19/h2-10,17H,11-16H2,1H3/b8-5+. The summed E-state index contributed by atoms with van der Waals surface area (Å²) in [4.78, 5) is 21.6. The van der Waals surface area contributed by atoms with E-state index in [9.17, 15) is 4.79 Å². The van der Waals surface area contributed by atoms with Gasteiger partial charge in [-0.2, -0.15) is 0 Å². The number of hydrogen-bond donors (Lipinski definition) is 0. The van der Waals surface area contributed by atoms with Crippen LogP contribution >= 0.6 is 11.3 Å². The Hall–Kier alpha value is -2.70. The summed E-state index contributed by atoms with van der Waals surface area (Å²) in [5.74, 6) is 1.78. The third kappa shape index (κ3) is 5.22. The monoisotopic (exact) mass is 407 g/mol. The summed E-state index contributed by atoms with van der Waals surface area (Å²) in [6.07, 6.45) is 4.70. The summed E-state index contributed by atoms with van der Waals surface area (Å²) in [5, 5.41) is 2.78. The zero-order valence-corrected chi connectivity index (χ0v) is 17.4. The van der Waals surface area contributed by atoms with Crippen molar-refractivity contribution in [2.45, 2.75) is 13.3 Å². The van der Waals surface area contributed by atoms with Gasteiger partial charge in [0, 0.05) is 38.1 Å². The molecule has 3 aromatic rings. The SMILES string of the molecule is Cc1ccc(-c2nc(CC(=O)N3CCN(C/C=C/c4ccccc4)CC3)cs2)o1. The van der Waals surface area contributed by atoms with Gasteiger partial charge in [0.2, 0.25) is 5.91 Å². The molecule has 1 aromatic carbocycles. The number of thiazole rings is 1. The number of benzene rings is 1. The Labute approximate surface area is 175 Å². The molecule has 1 aliphatic heterocycles. The van der Waals surface area contributed by atoms with Gasteiger partial charge in [0.05, 0.1) is 12.1 Å². The Bertz CT molecular complexity index is 969. The number of rotatable bonds is 6. The number of hydrogen-bond acceptors (Lipinski definition) is 5. The molecule has 1 fully saturated rings. The van der Waals surface area contributed by atoms with Crippen molar-refractivity contribution in [3.8, 4) is 10.8 Å². The van der Waals surface area contributed by atoms with Crippen molar-refractivity contribution in [1.82, 2.24) is 14.8 Å². The number of piperazine rings is 1. The summed E-state index contributed by atoms with van der Waals surface area (Å²) >= 11 is 1.52. The Kier molecular flexibility index (Phi) is 6.22. The second kappa shape index (κ2) is 9.20. The van der Waals surface area contributed by atoms with Crippen molar-refractivity contribution in [1.29, 1.82) is 0 Å². The molecule has 0 N–H and O–H groups in total. The molecule has 0 radical (unpaired) electrons. The first-order valence-corrected chi connectivity index (χ1v) is 10.8. The van der Waals surface area contributed by atoms with Gasteiger partial charge in [-0.3, -0.25) is 9.69 Å². The van der Waals surface area contributed by atoms with Crippen molar-refractivity contribution in [2.75, 3.05) is 32.7 Å². The van der Waals surface area contributed by atoms with E-state index in [2.05, 4.69) is 34.2 Å². The molecular formula is C23H25N3O2S. The van der Waals surface area contributed by atoms with Crippen LogP contribution in [0, 0.1) is 6.92 Å². The van der Waals surface area contributed by atoms with Crippen molar-refractivity contribution < 1.29 is 9.21 Å². The number of amides is 1. The first-order valence-electron chi connectivity index (χ1n) is 9.90. The van der Waals surface area contributed by atoms with Crippen LogP contribution in [0.15, 0.2) is 58.3 Å². The minimum absolute atomic E-state index is 0.150. The number of carbonyl (C=O) groups is 1. The van der Waals surface area contributed by atoms with E-state index in [4.69, 9.17) is 4.42 Å². The second-order valence-electron chi connectivity index (χ2n) is 7.23. The molecule has 0 spiro atoms. The van der Waals surface area contributed by atoms with Gasteiger partial charge < -0.3 is 9.32 Å². The largest absolute Gasteiger partial charge is 0.459 e. The van der Waals surface area contributed by atoms with Gasteiger partial charge in [0.15, 0.2) is 10.8 Å². The first-order chi connectivity index (χ1) is 14.2. The van der Waals surface area contributed by atoms with Crippen LogP contribution in [0.5, 0.6) is 0 Å². The van der Waals surface area contributed by atoms with Gasteiger partial charge >= 0.3 is 0 Å². The molecule has 0 atom stereocenters. The summed E-state index contributed by atoms with van der Waals surface area (Å²) in [7, 11) is 0. The normalized spacial score (nSPS) is 15.3. The van der Waals surface area contributed by atoms with Crippen LogP contribution < -0.4 is 0 Å². The lowest BCUT2D eigenvalue weighted by atomic mass is 10.2. The Morgan fingerprint density at radius 1 is 1.14 bits per heavy atom. The number of nitrogens with zero attached hydrogens (tertiary/aromatic N) is 3. The Balaban J connectivity index is 1.24. The zero-order valence-electron chi connectivity index (χ0n) is 16.6. The Morgan fingerprint density at radius 2 is 1.93 bits per heavy atom. The molecule has 1 saturated heterocycles. The van der Waals surface area contributed by atoms with Gasteiger partial charge in [-0.15, -0.1) is 11.3 Å². The molecule has 3 heterocycles. The fourth-order valence-corrected chi connectivity index (χ4v) is 4.18. The number of aryl methyl sites for hydroxylation is 1. The molecule has 0 saturated carbocycles. The maximum absolute atomic E-state index is 12.7. The van der Waals surface area contributed by atoms with Gasteiger partial charge in [-0.25, -0.2) is 4.98 Å². The highest BCUT2D eigenvalue weighted by atomic mass is 32.1. The number of aromatic nitrogens is 1. The van der Waals surface area contributed by atoms with E-state index in [1.165, 1.54) is 16.9 Å². The summed E-state index contributed by atoms with van der Waals surface area (Å²) < 4.78 is 5.62. The lowest BCUT2D eigenvalue weighted by Crippen LogP contribution is -2.49. The summed E-state index contributed by atoms with van der Waals surface area (Å²) in [5.41, 5.74) is 2.03. The third-order valence-electron chi connectivity index (χ3n) is 5.03. The van der Waals surface area contributed by atoms with Crippen molar-refractivity contribution in [3.05, 3.63) is 70.9 Å². The van der Waals surface area contributed by atoms with Crippen LogP contribution in [-0.4, -0.2) is 53.4 Å². The zero-order chi connectivity index (χ0) is 20.1. The fraction of sp³-hybridized carbons (Fsp3) is 0.304. The minimum atomic E-state index is 0.150. The summed E-state index contributed by atoms with van der Waals surface area (Å²) in [6, 6.07) is 14.2. The van der Waals surface area contributed by atoms with E-state index < -0.39 is 0 Å². The molecule has 29 heavy (non-hydrogen) atoms. The first kappa shape index (κ1) is 19.6.